The third-order valence-corrected chi connectivity index (χ3v) is 5.33. The second-order valence-electron chi connectivity index (χ2n) is 5.37. The summed E-state index contributed by atoms with van der Waals surface area (Å²) in [6.07, 6.45) is 3.65. The van der Waals surface area contributed by atoms with Crippen LogP contribution in [0.2, 0.25) is 0 Å². The van der Waals surface area contributed by atoms with E-state index in [4.69, 9.17) is 10.5 Å². The van der Waals surface area contributed by atoms with Crippen molar-refractivity contribution in [2.75, 3.05) is 13.1 Å². The molecule has 0 N–H and O–H groups in total. The topological polar surface area (TPSA) is 85.0 Å². The summed E-state index contributed by atoms with van der Waals surface area (Å²) >= 11 is 0. The summed E-state index contributed by atoms with van der Waals surface area (Å²) in [4.78, 5) is 0. The molecule has 0 saturated heterocycles. The van der Waals surface area contributed by atoms with Crippen LogP contribution < -0.4 is 0 Å². The van der Waals surface area contributed by atoms with E-state index in [1.165, 1.54) is 4.31 Å². The predicted molar refractivity (Wildman–Crippen MR) is 89.6 cm³/mol. The number of unbranched alkanes of at least 4 members (excludes halogenated alkanes) is 4. The molecule has 6 heteroatoms. The SMILES string of the molecule is N#CCCCCN(CCCCC#N)S(=O)(=O)Cc1ccccc1. The van der Waals surface area contributed by atoms with Gasteiger partial charge in [0.05, 0.1) is 17.9 Å². The Morgan fingerprint density at radius 2 is 1.39 bits per heavy atom. The fourth-order valence-electron chi connectivity index (χ4n) is 2.25. The molecule has 1 rings (SSSR count). The number of sulfonamides is 1. The first-order valence-corrected chi connectivity index (χ1v) is 9.46. The maximum Gasteiger partial charge on any atom is 0.218 e. The largest absolute Gasteiger partial charge is 0.218 e. The molecule has 0 amide bonds. The van der Waals surface area contributed by atoms with Gasteiger partial charge in [0.15, 0.2) is 0 Å². The Bertz CT molecular complexity index is 608. The Labute approximate surface area is 139 Å². The Morgan fingerprint density at radius 3 is 1.87 bits per heavy atom. The van der Waals surface area contributed by atoms with Gasteiger partial charge >= 0.3 is 0 Å². The molecule has 0 saturated carbocycles. The molecule has 0 unspecified atom stereocenters. The summed E-state index contributed by atoms with van der Waals surface area (Å²) in [5, 5.41) is 17.1. The number of nitriles is 2. The average molecular weight is 333 g/mol. The van der Waals surface area contributed by atoms with E-state index in [0.717, 1.165) is 5.56 Å². The average Bonchev–Trinajstić information content (AvgIpc) is 2.53. The van der Waals surface area contributed by atoms with E-state index in [0.29, 0.717) is 51.6 Å². The summed E-state index contributed by atoms with van der Waals surface area (Å²) in [5.74, 6) is -0.00958. The zero-order chi connectivity index (χ0) is 17.0. The van der Waals surface area contributed by atoms with Crippen molar-refractivity contribution in [3.05, 3.63) is 35.9 Å². The Balaban J connectivity index is 2.67. The molecule has 5 nitrogen and oxygen atoms in total. The summed E-state index contributed by atoms with van der Waals surface area (Å²) in [6.45, 7) is 0.868. The first-order chi connectivity index (χ1) is 11.1. The molecular weight excluding hydrogens is 310 g/mol. The van der Waals surface area contributed by atoms with Crippen LogP contribution in [-0.4, -0.2) is 25.8 Å². The van der Waals surface area contributed by atoms with Crippen molar-refractivity contribution in [3.8, 4) is 12.1 Å². The van der Waals surface area contributed by atoms with Gasteiger partial charge in [-0.15, -0.1) is 0 Å². The van der Waals surface area contributed by atoms with E-state index in [1.54, 1.807) is 12.1 Å². The summed E-state index contributed by atoms with van der Waals surface area (Å²) in [5.41, 5.74) is 0.770. The van der Waals surface area contributed by atoms with Gasteiger partial charge in [-0.05, 0) is 31.2 Å². The number of hydrogen-bond acceptors (Lipinski definition) is 4. The minimum absolute atomic E-state index is 0.00958. The third-order valence-electron chi connectivity index (χ3n) is 3.48. The van der Waals surface area contributed by atoms with E-state index >= 15 is 0 Å². The zero-order valence-corrected chi connectivity index (χ0v) is 14.1. The van der Waals surface area contributed by atoms with Crippen molar-refractivity contribution < 1.29 is 8.42 Å². The van der Waals surface area contributed by atoms with Gasteiger partial charge in [-0.3, -0.25) is 0 Å². The summed E-state index contributed by atoms with van der Waals surface area (Å²) < 4.78 is 26.8. The van der Waals surface area contributed by atoms with E-state index < -0.39 is 10.0 Å². The van der Waals surface area contributed by atoms with Crippen LogP contribution in [0.1, 0.15) is 44.1 Å². The highest BCUT2D eigenvalue weighted by molar-refractivity contribution is 7.88. The Morgan fingerprint density at radius 1 is 0.870 bits per heavy atom. The third kappa shape index (κ3) is 7.78. The molecule has 0 spiro atoms. The lowest BCUT2D eigenvalue weighted by Gasteiger charge is -2.22. The van der Waals surface area contributed by atoms with Gasteiger partial charge in [-0.25, -0.2) is 12.7 Å². The van der Waals surface area contributed by atoms with Crippen molar-refractivity contribution in [1.29, 1.82) is 10.5 Å². The molecule has 1 aromatic rings. The van der Waals surface area contributed by atoms with Gasteiger partial charge in [-0.1, -0.05) is 30.3 Å². The second-order valence-corrected chi connectivity index (χ2v) is 7.34. The Hall–Kier alpha value is -1.89. The van der Waals surface area contributed by atoms with E-state index in [2.05, 4.69) is 12.1 Å². The van der Waals surface area contributed by atoms with E-state index in [9.17, 15) is 8.42 Å². The van der Waals surface area contributed by atoms with Gasteiger partial charge in [0.1, 0.15) is 0 Å². The molecule has 0 fully saturated rings. The molecule has 0 aliphatic rings. The standard InChI is InChI=1S/C17H23N3O2S/c18-12-6-2-8-14-20(15-9-3-7-13-19)23(21,22)16-17-10-4-1-5-11-17/h1,4-5,10-11H,2-3,6-9,14-16H2. The summed E-state index contributed by atoms with van der Waals surface area (Å²) in [6, 6.07) is 13.3. The maximum atomic E-state index is 12.6. The fraction of sp³-hybridized carbons (Fsp3) is 0.529. The predicted octanol–water partition coefficient (Wildman–Crippen LogP) is 3.21. The van der Waals surface area contributed by atoms with E-state index in [-0.39, 0.29) is 5.75 Å². The smallest absolute Gasteiger partial charge is 0.212 e. The van der Waals surface area contributed by atoms with Crippen LogP contribution in [0.15, 0.2) is 30.3 Å². The number of hydrogen-bond donors (Lipinski definition) is 0. The monoisotopic (exact) mass is 333 g/mol. The number of benzene rings is 1. The van der Waals surface area contributed by atoms with Crippen molar-refractivity contribution in [2.24, 2.45) is 0 Å². The van der Waals surface area contributed by atoms with Crippen molar-refractivity contribution in [3.63, 3.8) is 0 Å². The number of rotatable bonds is 11. The van der Waals surface area contributed by atoms with Crippen LogP contribution in [0.4, 0.5) is 0 Å². The Kier molecular flexibility index (Phi) is 8.97. The van der Waals surface area contributed by atoms with Crippen LogP contribution >= 0.6 is 0 Å². The lowest BCUT2D eigenvalue weighted by Crippen LogP contribution is -2.34. The lowest BCUT2D eigenvalue weighted by atomic mass is 10.2. The van der Waals surface area contributed by atoms with Crippen LogP contribution in [0.3, 0.4) is 0 Å². The highest BCUT2D eigenvalue weighted by atomic mass is 32.2. The number of nitrogens with zero attached hydrogens (tertiary/aromatic N) is 3. The van der Waals surface area contributed by atoms with E-state index in [1.807, 2.05) is 18.2 Å². The zero-order valence-electron chi connectivity index (χ0n) is 13.3. The van der Waals surface area contributed by atoms with Crippen LogP contribution in [-0.2, 0) is 15.8 Å². The summed E-state index contributed by atoms with van der Waals surface area (Å²) in [7, 11) is -3.38. The molecule has 0 atom stereocenters. The van der Waals surface area contributed by atoms with Gasteiger partial charge < -0.3 is 0 Å². The first-order valence-electron chi connectivity index (χ1n) is 7.86. The quantitative estimate of drug-likeness (QED) is 0.582. The molecule has 23 heavy (non-hydrogen) atoms. The lowest BCUT2D eigenvalue weighted by molar-refractivity contribution is 0.391. The normalized spacial score (nSPS) is 11.1. The molecule has 0 aliphatic carbocycles. The van der Waals surface area contributed by atoms with Gasteiger partial charge in [-0.2, -0.15) is 10.5 Å². The molecule has 0 bridgehead atoms. The van der Waals surface area contributed by atoms with Gasteiger partial charge in [0, 0.05) is 25.9 Å². The van der Waals surface area contributed by atoms with Crippen LogP contribution in [0.25, 0.3) is 0 Å². The van der Waals surface area contributed by atoms with Crippen molar-refractivity contribution in [1.82, 2.24) is 4.31 Å². The molecule has 0 aliphatic heterocycles. The van der Waals surface area contributed by atoms with Gasteiger partial charge in [0.2, 0.25) is 10.0 Å². The second kappa shape index (κ2) is 10.8. The van der Waals surface area contributed by atoms with Crippen LogP contribution in [0, 0.1) is 22.7 Å². The molecule has 124 valence electrons. The van der Waals surface area contributed by atoms with Gasteiger partial charge in [0.25, 0.3) is 0 Å². The maximum absolute atomic E-state index is 12.6. The van der Waals surface area contributed by atoms with Crippen molar-refractivity contribution in [2.45, 2.75) is 44.3 Å². The highest BCUT2D eigenvalue weighted by Crippen LogP contribution is 2.14. The highest BCUT2D eigenvalue weighted by Gasteiger charge is 2.21. The fourth-order valence-corrected chi connectivity index (χ4v) is 3.86. The van der Waals surface area contributed by atoms with Crippen LogP contribution in [0.5, 0.6) is 0 Å². The minimum atomic E-state index is -3.38. The molecule has 0 radical (unpaired) electrons. The molecular formula is C17H23N3O2S. The minimum Gasteiger partial charge on any atom is -0.212 e. The molecule has 0 aromatic heterocycles. The molecule has 0 heterocycles. The molecule has 1 aromatic carbocycles. The first kappa shape index (κ1) is 19.2. The van der Waals surface area contributed by atoms with Crippen molar-refractivity contribution >= 4 is 10.0 Å².